The van der Waals surface area contributed by atoms with Crippen LogP contribution < -0.4 is 5.32 Å². The minimum atomic E-state index is -2.51. The average molecular weight is 393 g/mol. The van der Waals surface area contributed by atoms with Crippen molar-refractivity contribution in [2.45, 2.75) is 24.0 Å². The molecule has 1 N–H and O–H groups in total. The predicted octanol–water partition coefficient (Wildman–Crippen LogP) is 4.15. The Bertz CT molecular complexity index is 739. The summed E-state index contributed by atoms with van der Waals surface area (Å²) in [7, 11) is 0. The van der Waals surface area contributed by atoms with Crippen molar-refractivity contribution in [1.29, 1.82) is 0 Å². The van der Waals surface area contributed by atoms with E-state index in [0.29, 0.717) is 28.6 Å². The minimum Gasteiger partial charge on any atom is -0.466 e. The van der Waals surface area contributed by atoms with Gasteiger partial charge in [-0.2, -0.15) is 8.78 Å². The third-order valence-corrected chi connectivity index (χ3v) is 4.52. The fraction of sp³-hybridized carbons (Fsp3) is 0.300. The van der Waals surface area contributed by atoms with Crippen molar-refractivity contribution in [3.8, 4) is 0 Å². The van der Waals surface area contributed by atoms with Crippen molar-refractivity contribution in [3.05, 3.63) is 65.7 Å². The summed E-state index contributed by atoms with van der Waals surface area (Å²) in [6.45, 7) is 2.12. The maximum absolute atomic E-state index is 12.3. The molecule has 0 aliphatic heterocycles. The SMILES string of the molecule is CCOC(=O)[C@H](CNC(=O)c1ccc(SC(F)F)cc1)Cc1ccccc1. The van der Waals surface area contributed by atoms with Gasteiger partial charge in [-0.1, -0.05) is 42.1 Å². The Labute approximate surface area is 161 Å². The van der Waals surface area contributed by atoms with Crippen LogP contribution in [0.4, 0.5) is 8.78 Å². The lowest BCUT2D eigenvalue weighted by molar-refractivity contribution is -0.147. The van der Waals surface area contributed by atoms with Crippen LogP contribution in [0.5, 0.6) is 0 Å². The standard InChI is InChI=1S/C20H21F2NO3S/c1-2-26-19(25)16(12-14-6-4-3-5-7-14)13-23-18(24)15-8-10-17(11-9-15)27-20(21)22/h3-11,16,20H,2,12-13H2,1H3,(H,23,24)/t16-/m0/s1. The van der Waals surface area contributed by atoms with E-state index in [1.165, 1.54) is 24.3 Å². The molecule has 0 saturated heterocycles. The summed E-state index contributed by atoms with van der Waals surface area (Å²) in [4.78, 5) is 24.9. The van der Waals surface area contributed by atoms with E-state index >= 15 is 0 Å². The van der Waals surface area contributed by atoms with Crippen LogP contribution in [-0.2, 0) is 16.0 Å². The molecule has 0 bridgehead atoms. The van der Waals surface area contributed by atoms with Crippen LogP contribution in [0.25, 0.3) is 0 Å². The zero-order valence-electron chi connectivity index (χ0n) is 14.9. The molecule has 0 aliphatic carbocycles. The van der Waals surface area contributed by atoms with Crippen molar-refractivity contribution in [3.63, 3.8) is 0 Å². The first-order valence-corrected chi connectivity index (χ1v) is 9.41. The van der Waals surface area contributed by atoms with Gasteiger partial charge in [0.15, 0.2) is 0 Å². The molecule has 0 radical (unpaired) electrons. The fourth-order valence-corrected chi connectivity index (χ4v) is 3.00. The molecule has 0 unspecified atom stereocenters. The van der Waals surface area contributed by atoms with Gasteiger partial charge in [-0.25, -0.2) is 0 Å². The van der Waals surface area contributed by atoms with Crippen molar-refractivity contribution < 1.29 is 23.1 Å². The van der Waals surface area contributed by atoms with E-state index in [1.807, 2.05) is 30.3 Å². The number of esters is 1. The molecular weight excluding hydrogens is 372 g/mol. The number of carbonyl (C=O) groups is 2. The second-order valence-corrected chi connectivity index (χ2v) is 6.82. The average Bonchev–Trinajstić information content (AvgIpc) is 2.66. The molecule has 0 fully saturated rings. The normalized spacial score (nSPS) is 11.9. The van der Waals surface area contributed by atoms with Gasteiger partial charge in [-0.15, -0.1) is 0 Å². The van der Waals surface area contributed by atoms with Crippen LogP contribution in [0.3, 0.4) is 0 Å². The monoisotopic (exact) mass is 393 g/mol. The van der Waals surface area contributed by atoms with Crippen molar-refractivity contribution >= 4 is 23.6 Å². The van der Waals surface area contributed by atoms with E-state index < -0.39 is 11.7 Å². The van der Waals surface area contributed by atoms with Crippen LogP contribution in [0.1, 0.15) is 22.8 Å². The maximum Gasteiger partial charge on any atom is 0.311 e. The van der Waals surface area contributed by atoms with Crippen LogP contribution in [-0.4, -0.2) is 30.8 Å². The van der Waals surface area contributed by atoms with Gasteiger partial charge in [-0.05, 0) is 43.2 Å². The predicted molar refractivity (Wildman–Crippen MR) is 101 cm³/mol. The van der Waals surface area contributed by atoms with Gasteiger partial charge >= 0.3 is 5.97 Å². The van der Waals surface area contributed by atoms with Gasteiger partial charge in [0, 0.05) is 17.0 Å². The number of hydrogen-bond donors (Lipinski definition) is 1. The fourth-order valence-electron chi connectivity index (χ4n) is 2.50. The summed E-state index contributed by atoms with van der Waals surface area (Å²) in [5.41, 5.74) is 1.31. The number of alkyl halides is 2. The van der Waals surface area contributed by atoms with Crippen LogP contribution >= 0.6 is 11.8 Å². The molecule has 0 saturated carbocycles. The molecule has 4 nitrogen and oxygen atoms in total. The van der Waals surface area contributed by atoms with E-state index in [4.69, 9.17) is 4.74 Å². The third-order valence-electron chi connectivity index (χ3n) is 3.80. The molecule has 0 aromatic heterocycles. The molecule has 0 spiro atoms. The quantitative estimate of drug-likeness (QED) is 0.514. The number of hydrogen-bond acceptors (Lipinski definition) is 4. The topological polar surface area (TPSA) is 55.4 Å². The van der Waals surface area contributed by atoms with E-state index in [0.717, 1.165) is 5.56 Å². The summed E-state index contributed by atoms with van der Waals surface area (Å²) < 4.78 is 29.8. The molecule has 1 amide bonds. The number of benzene rings is 2. The van der Waals surface area contributed by atoms with Crippen LogP contribution in [0.15, 0.2) is 59.5 Å². The number of amides is 1. The van der Waals surface area contributed by atoms with Gasteiger partial charge < -0.3 is 10.1 Å². The Morgan fingerprint density at radius 3 is 2.33 bits per heavy atom. The summed E-state index contributed by atoms with van der Waals surface area (Å²) in [5.74, 6) is -3.76. The third kappa shape index (κ3) is 7.02. The van der Waals surface area contributed by atoms with Crippen molar-refractivity contribution in [2.24, 2.45) is 5.92 Å². The molecule has 7 heteroatoms. The molecule has 2 rings (SSSR count). The highest BCUT2D eigenvalue weighted by molar-refractivity contribution is 7.99. The Hall–Kier alpha value is -2.41. The summed E-state index contributed by atoms with van der Waals surface area (Å²) in [5, 5.41) is 2.72. The molecule has 0 aliphatic rings. The molecule has 2 aromatic rings. The smallest absolute Gasteiger partial charge is 0.311 e. The number of rotatable bonds is 9. The summed E-state index contributed by atoms with van der Waals surface area (Å²) in [6.07, 6.45) is 0.448. The number of halogens is 2. The first-order valence-electron chi connectivity index (χ1n) is 8.53. The van der Waals surface area contributed by atoms with E-state index in [9.17, 15) is 18.4 Å². The Kier molecular flexibility index (Phi) is 8.26. The lowest BCUT2D eigenvalue weighted by Crippen LogP contribution is -2.35. The van der Waals surface area contributed by atoms with Gasteiger partial charge in [0.1, 0.15) is 0 Å². The highest BCUT2D eigenvalue weighted by Crippen LogP contribution is 2.25. The molecule has 2 aromatic carbocycles. The highest BCUT2D eigenvalue weighted by atomic mass is 32.2. The Balaban J connectivity index is 1.98. The number of carbonyl (C=O) groups excluding carboxylic acids is 2. The van der Waals surface area contributed by atoms with Crippen molar-refractivity contribution in [2.75, 3.05) is 13.2 Å². The zero-order valence-corrected chi connectivity index (χ0v) is 15.7. The lowest BCUT2D eigenvalue weighted by Gasteiger charge is -2.16. The van der Waals surface area contributed by atoms with Gasteiger partial charge in [0.25, 0.3) is 11.7 Å². The Morgan fingerprint density at radius 2 is 1.74 bits per heavy atom. The number of ether oxygens (including phenoxy) is 1. The largest absolute Gasteiger partial charge is 0.466 e. The molecule has 0 heterocycles. The molecule has 1 atom stereocenters. The number of thioether (sulfide) groups is 1. The van der Waals surface area contributed by atoms with Gasteiger partial charge in [0.05, 0.1) is 12.5 Å². The van der Waals surface area contributed by atoms with E-state index in [2.05, 4.69) is 5.32 Å². The Morgan fingerprint density at radius 1 is 1.07 bits per heavy atom. The van der Waals surface area contributed by atoms with E-state index in [-0.39, 0.29) is 25.0 Å². The summed E-state index contributed by atoms with van der Waals surface area (Å²) >= 11 is 0.421. The second-order valence-electron chi connectivity index (χ2n) is 5.75. The molecular formula is C20H21F2NO3S. The van der Waals surface area contributed by atoms with Gasteiger partial charge in [0.2, 0.25) is 0 Å². The minimum absolute atomic E-state index is 0.125. The van der Waals surface area contributed by atoms with Gasteiger partial charge in [-0.3, -0.25) is 9.59 Å². The second kappa shape index (κ2) is 10.7. The lowest BCUT2D eigenvalue weighted by atomic mass is 9.99. The summed E-state index contributed by atoms with van der Waals surface area (Å²) in [6, 6.07) is 15.4. The van der Waals surface area contributed by atoms with E-state index in [1.54, 1.807) is 6.92 Å². The first-order chi connectivity index (χ1) is 13.0. The highest BCUT2D eigenvalue weighted by Gasteiger charge is 2.21. The first kappa shape index (κ1) is 20.9. The number of nitrogens with one attached hydrogen (secondary N) is 1. The zero-order chi connectivity index (χ0) is 19.6. The van der Waals surface area contributed by atoms with Crippen molar-refractivity contribution in [1.82, 2.24) is 5.32 Å². The molecule has 27 heavy (non-hydrogen) atoms. The maximum atomic E-state index is 12.3. The molecule has 144 valence electrons. The van der Waals surface area contributed by atoms with Crippen LogP contribution in [0, 0.1) is 5.92 Å². The van der Waals surface area contributed by atoms with Crippen LogP contribution in [0.2, 0.25) is 0 Å².